The quantitative estimate of drug-likeness (QED) is 0.883. The average molecular weight is 285 g/mol. The van der Waals surface area contributed by atoms with Crippen molar-refractivity contribution in [1.29, 1.82) is 0 Å². The summed E-state index contributed by atoms with van der Waals surface area (Å²) in [6.45, 7) is 2.07. The molecule has 0 aliphatic heterocycles. The van der Waals surface area contributed by atoms with Gasteiger partial charge in [-0.2, -0.15) is 0 Å². The van der Waals surface area contributed by atoms with Crippen LogP contribution < -0.4 is 0 Å². The zero-order valence-electron chi connectivity index (χ0n) is 9.99. The minimum atomic E-state index is -0.704. The molecule has 1 nitrogen and oxygen atoms in total. The molecule has 0 amide bonds. The number of thiophene rings is 1. The predicted octanol–water partition coefficient (Wildman–Crippen LogP) is 4.38. The third-order valence-electron chi connectivity index (χ3n) is 2.82. The Hall–Kier alpha value is -0.900. The third kappa shape index (κ3) is 2.91. The van der Waals surface area contributed by atoms with Crippen LogP contribution in [0.4, 0.5) is 4.39 Å². The van der Waals surface area contributed by atoms with Gasteiger partial charge in [-0.15, -0.1) is 11.3 Å². The molecule has 0 saturated carbocycles. The van der Waals surface area contributed by atoms with Gasteiger partial charge in [0, 0.05) is 26.8 Å². The van der Waals surface area contributed by atoms with E-state index in [1.807, 2.05) is 12.1 Å². The molecule has 2 aromatic rings. The Morgan fingerprint density at radius 1 is 1.33 bits per heavy atom. The van der Waals surface area contributed by atoms with Gasteiger partial charge in [-0.05, 0) is 30.7 Å². The number of aliphatic hydroxyl groups excluding tert-OH is 1. The molecule has 0 fully saturated rings. The molecule has 0 aliphatic rings. The SMILES string of the molecule is CCc1ccc(C(O)Cc2c(F)cccc2Cl)s1. The Morgan fingerprint density at radius 2 is 2.11 bits per heavy atom. The van der Waals surface area contributed by atoms with E-state index in [0.717, 1.165) is 11.3 Å². The zero-order valence-corrected chi connectivity index (χ0v) is 11.6. The van der Waals surface area contributed by atoms with Gasteiger partial charge in [-0.3, -0.25) is 0 Å². The van der Waals surface area contributed by atoms with E-state index < -0.39 is 6.10 Å². The second-order valence-corrected chi connectivity index (χ2v) is 5.68. The van der Waals surface area contributed by atoms with Crippen LogP contribution in [-0.2, 0) is 12.8 Å². The number of halogens is 2. The minimum absolute atomic E-state index is 0.204. The Morgan fingerprint density at radius 3 is 2.72 bits per heavy atom. The van der Waals surface area contributed by atoms with Gasteiger partial charge in [-0.25, -0.2) is 4.39 Å². The van der Waals surface area contributed by atoms with Crippen LogP contribution in [0.3, 0.4) is 0 Å². The van der Waals surface area contributed by atoms with Crippen LogP contribution in [0.2, 0.25) is 5.02 Å². The molecule has 4 heteroatoms. The summed E-state index contributed by atoms with van der Waals surface area (Å²) in [4.78, 5) is 2.06. The zero-order chi connectivity index (χ0) is 13.1. The van der Waals surface area contributed by atoms with E-state index >= 15 is 0 Å². The first-order valence-corrected chi connectivity index (χ1v) is 7.00. The minimum Gasteiger partial charge on any atom is -0.387 e. The highest BCUT2D eigenvalue weighted by atomic mass is 35.5. The van der Waals surface area contributed by atoms with Crippen molar-refractivity contribution < 1.29 is 9.50 Å². The number of aliphatic hydroxyl groups is 1. The van der Waals surface area contributed by atoms with Gasteiger partial charge >= 0.3 is 0 Å². The van der Waals surface area contributed by atoms with Gasteiger partial charge < -0.3 is 5.11 Å². The monoisotopic (exact) mass is 284 g/mol. The van der Waals surface area contributed by atoms with Gasteiger partial charge in [0.25, 0.3) is 0 Å². The summed E-state index contributed by atoms with van der Waals surface area (Å²) in [6, 6.07) is 8.45. The second-order valence-electron chi connectivity index (χ2n) is 4.08. The molecule has 1 aromatic heterocycles. The number of benzene rings is 1. The molecule has 18 heavy (non-hydrogen) atoms. The summed E-state index contributed by atoms with van der Waals surface area (Å²) in [6.07, 6.45) is 0.442. The van der Waals surface area contributed by atoms with Crippen LogP contribution in [0.25, 0.3) is 0 Å². The molecule has 0 bridgehead atoms. The fraction of sp³-hybridized carbons (Fsp3) is 0.286. The van der Waals surface area contributed by atoms with Gasteiger partial charge in [0.05, 0.1) is 6.10 Å². The lowest BCUT2D eigenvalue weighted by Gasteiger charge is -2.10. The summed E-state index contributed by atoms with van der Waals surface area (Å²) in [7, 11) is 0. The van der Waals surface area contributed by atoms with Crippen LogP contribution in [0, 0.1) is 5.82 Å². The molecule has 0 spiro atoms. The van der Waals surface area contributed by atoms with Gasteiger partial charge in [-0.1, -0.05) is 24.6 Å². The van der Waals surface area contributed by atoms with E-state index in [4.69, 9.17) is 11.6 Å². The van der Waals surface area contributed by atoms with Crippen molar-refractivity contribution in [3.8, 4) is 0 Å². The fourth-order valence-electron chi connectivity index (χ4n) is 1.78. The van der Waals surface area contributed by atoms with Gasteiger partial charge in [0.2, 0.25) is 0 Å². The molecule has 1 heterocycles. The molecule has 2 rings (SSSR count). The molecule has 1 unspecified atom stereocenters. The molecule has 0 aliphatic carbocycles. The van der Waals surface area contributed by atoms with Crippen molar-refractivity contribution in [1.82, 2.24) is 0 Å². The van der Waals surface area contributed by atoms with Crippen molar-refractivity contribution >= 4 is 22.9 Å². The first kappa shape index (κ1) is 13.5. The number of aryl methyl sites for hydroxylation is 1. The number of rotatable bonds is 4. The Kier molecular flexibility index (Phi) is 4.38. The van der Waals surface area contributed by atoms with E-state index in [9.17, 15) is 9.50 Å². The highest BCUT2D eigenvalue weighted by Crippen LogP contribution is 2.29. The van der Waals surface area contributed by atoms with E-state index in [1.54, 1.807) is 23.5 Å². The number of hydrogen-bond acceptors (Lipinski definition) is 2. The van der Waals surface area contributed by atoms with Crippen molar-refractivity contribution in [3.63, 3.8) is 0 Å². The lowest BCUT2D eigenvalue weighted by Crippen LogP contribution is -2.02. The smallest absolute Gasteiger partial charge is 0.127 e. The normalized spacial score (nSPS) is 12.7. The summed E-state index contributed by atoms with van der Waals surface area (Å²) in [5.74, 6) is -0.367. The molecule has 1 aromatic carbocycles. The molecular weight excluding hydrogens is 271 g/mol. The van der Waals surface area contributed by atoms with Crippen LogP contribution in [0.15, 0.2) is 30.3 Å². The Balaban J connectivity index is 2.18. The van der Waals surface area contributed by atoms with Gasteiger partial charge in [0.15, 0.2) is 0 Å². The first-order chi connectivity index (χ1) is 8.61. The lowest BCUT2D eigenvalue weighted by atomic mass is 10.1. The number of hydrogen-bond donors (Lipinski definition) is 1. The molecule has 96 valence electrons. The summed E-state index contributed by atoms with van der Waals surface area (Å²) in [5, 5.41) is 10.5. The summed E-state index contributed by atoms with van der Waals surface area (Å²) >= 11 is 7.50. The molecule has 1 N–H and O–H groups in total. The first-order valence-electron chi connectivity index (χ1n) is 5.81. The lowest BCUT2D eigenvalue weighted by molar-refractivity contribution is 0.181. The Labute approximate surface area is 115 Å². The predicted molar refractivity (Wildman–Crippen MR) is 73.8 cm³/mol. The van der Waals surface area contributed by atoms with Crippen molar-refractivity contribution in [3.05, 3.63) is 56.5 Å². The van der Waals surface area contributed by atoms with Crippen LogP contribution >= 0.6 is 22.9 Å². The maximum Gasteiger partial charge on any atom is 0.127 e. The molecular formula is C14H14ClFOS. The summed E-state index contributed by atoms with van der Waals surface area (Å²) in [5.41, 5.74) is 0.373. The molecule has 0 saturated heterocycles. The summed E-state index contributed by atoms with van der Waals surface area (Å²) < 4.78 is 13.6. The largest absolute Gasteiger partial charge is 0.387 e. The van der Waals surface area contributed by atoms with Gasteiger partial charge in [0.1, 0.15) is 5.82 Å². The van der Waals surface area contributed by atoms with Crippen LogP contribution in [0.1, 0.15) is 28.3 Å². The van der Waals surface area contributed by atoms with E-state index in [0.29, 0.717) is 10.6 Å². The standard InChI is InChI=1S/C14H14ClFOS/c1-2-9-6-7-14(18-9)13(17)8-10-11(15)4-3-5-12(10)16/h3-7,13,17H,2,8H2,1H3. The van der Waals surface area contributed by atoms with Crippen molar-refractivity contribution in [2.45, 2.75) is 25.9 Å². The van der Waals surface area contributed by atoms with Crippen LogP contribution in [0.5, 0.6) is 0 Å². The van der Waals surface area contributed by atoms with Crippen molar-refractivity contribution in [2.24, 2.45) is 0 Å². The van der Waals surface area contributed by atoms with E-state index in [1.165, 1.54) is 10.9 Å². The third-order valence-corrected chi connectivity index (χ3v) is 4.50. The molecule has 1 atom stereocenters. The second kappa shape index (κ2) is 5.83. The maximum absolute atomic E-state index is 13.6. The fourth-order valence-corrected chi connectivity index (χ4v) is 2.96. The van der Waals surface area contributed by atoms with E-state index in [-0.39, 0.29) is 12.2 Å². The van der Waals surface area contributed by atoms with E-state index in [2.05, 4.69) is 6.92 Å². The molecule has 0 radical (unpaired) electrons. The topological polar surface area (TPSA) is 20.2 Å². The highest BCUT2D eigenvalue weighted by Gasteiger charge is 2.15. The van der Waals surface area contributed by atoms with Crippen LogP contribution in [-0.4, -0.2) is 5.11 Å². The van der Waals surface area contributed by atoms with Crippen molar-refractivity contribution in [2.75, 3.05) is 0 Å². The Bertz CT molecular complexity index is 518. The average Bonchev–Trinajstić information content (AvgIpc) is 2.82. The highest BCUT2D eigenvalue weighted by molar-refractivity contribution is 7.12. The maximum atomic E-state index is 13.6.